The molecule has 14 heavy (non-hydrogen) atoms. The van der Waals surface area contributed by atoms with E-state index in [2.05, 4.69) is 20.8 Å². The fourth-order valence-electron chi connectivity index (χ4n) is 3.48. The SMILES string of the molecule is CC1CC2CC(C(C)C)CCC2C1=O. The van der Waals surface area contributed by atoms with Crippen LogP contribution in [0.15, 0.2) is 0 Å². The lowest BCUT2D eigenvalue weighted by Gasteiger charge is -2.33. The second-order valence-electron chi connectivity index (χ2n) is 5.72. The molecule has 2 rings (SSSR count). The molecule has 0 aliphatic heterocycles. The maximum atomic E-state index is 11.8. The number of carbonyl (C=O) groups is 1. The molecular weight excluding hydrogens is 172 g/mol. The van der Waals surface area contributed by atoms with Gasteiger partial charge in [0.25, 0.3) is 0 Å². The van der Waals surface area contributed by atoms with Crippen molar-refractivity contribution in [1.82, 2.24) is 0 Å². The quantitative estimate of drug-likeness (QED) is 0.626. The van der Waals surface area contributed by atoms with Crippen molar-refractivity contribution < 1.29 is 4.79 Å². The minimum atomic E-state index is 0.357. The van der Waals surface area contributed by atoms with E-state index >= 15 is 0 Å². The zero-order valence-electron chi connectivity index (χ0n) is 9.62. The number of Topliss-reactive ketones (excluding diaryl/α,β-unsaturated/α-hetero) is 1. The van der Waals surface area contributed by atoms with E-state index in [1.54, 1.807) is 0 Å². The molecule has 0 aromatic rings. The van der Waals surface area contributed by atoms with Gasteiger partial charge < -0.3 is 0 Å². The molecule has 0 amide bonds. The third kappa shape index (κ3) is 1.62. The van der Waals surface area contributed by atoms with Gasteiger partial charge in [-0.2, -0.15) is 0 Å². The van der Waals surface area contributed by atoms with Crippen LogP contribution in [-0.4, -0.2) is 5.78 Å². The highest BCUT2D eigenvalue weighted by Crippen LogP contribution is 2.46. The van der Waals surface area contributed by atoms with Crippen molar-refractivity contribution in [3.05, 3.63) is 0 Å². The second-order valence-corrected chi connectivity index (χ2v) is 5.72. The van der Waals surface area contributed by atoms with Gasteiger partial charge in [0.1, 0.15) is 5.78 Å². The molecule has 2 saturated carbocycles. The van der Waals surface area contributed by atoms with Gasteiger partial charge >= 0.3 is 0 Å². The molecule has 0 N–H and O–H groups in total. The Labute approximate surface area is 87.3 Å². The minimum absolute atomic E-state index is 0.357. The smallest absolute Gasteiger partial charge is 0.139 e. The Balaban J connectivity index is 2.03. The molecule has 0 aromatic carbocycles. The Morgan fingerprint density at radius 2 is 1.93 bits per heavy atom. The molecule has 0 bridgehead atoms. The van der Waals surface area contributed by atoms with Crippen molar-refractivity contribution in [1.29, 1.82) is 0 Å². The fourth-order valence-corrected chi connectivity index (χ4v) is 3.48. The van der Waals surface area contributed by atoms with Crippen molar-refractivity contribution in [2.24, 2.45) is 29.6 Å². The Bertz CT molecular complexity index is 231. The first-order valence-corrected chi connectivity index (χ1v) is 6.13. The van der Waals surface area contributed by atoms with Crippen LogP contribution in [0, 0.1) is 29.6 Å². The van der Waals surface area contributed by atoms with E-state index in [-0.39, 0.29) is 0 Å². The largest absolute Gasteiger partial charge is 0.299 e. The van der Waals surface area contributed by atoms with Gasteiger partial charge in [-0.3, -0.25) is 4.79 Å². The lowest BCUT2D eigenvalue weighted by molar-refractivity contribution is -0.124. The highest BCUT2D eigenvalue weighted by atomic mass is 16.1. The average molecular weight is 194 g/mol. The molecule has 0 spiro atoms. The molecule has 0 saturated heterocycles. The fraction of sp³-hybridized carbons (Fsp3) is 0.923. The summed E-state index contributed by atoms with van der Waals surface area (Å²) in [6.07, 6.45) is 4.96. The van der Waals surface area contributed by atoms with Crippen molar-refractivity contribution >= 4 is 5.78 Å². The number of fused-ring (bicyclic) bond motifs is 1. The van der Waals surface area contributed by atoms with E-state index < -0.39 is 0 Å². The maximum absolute atomic E-state index is 11.8. The van der Waals surface area contributed by atoms with Crippen molar-refractivity contribution in [2.75, 3.05) is 0 Å². The normalized spacial score (nSPS) is 43.0. The lowest BCUT2D eigenvalue weighted by atomic mass is 9.72. The zero-order chi connectivity index (χ0) is 10.3. The van der Waals surface area contributed by atoms with E-state index in [1.807, 2.05) is 0 Å². The van der Waals surface area contributed by atoms with Crippen LogP contribution in [0.3, 0.4) is 0 Å². The van der Waals surface area contributed by atoms with Crippen LogP contribution in [-0.2, 0) is 4.79 Å². The molecule has 2 aliphatic carbocycles. The van der Waals surface area contributed by atoms with Crippen molar-refractivity contribution in [3.63, 3.8) is 0 Å². The molecule has 2 aliphatic rings. The average Bonchev–Trinajstić information content (AvgIpc) is 2.42. The summed E-state index contributed by atoms with van der Waals surface area (Å²) in [6.45, 7) is 6.77. The van der Waals surface area contributed by atoms with Crippen LogP contribution < -0.4 is 0 Å². The summed E-state index contributed by atoms with van der Waals surface area (Å²) in [5.41, 5.74) is 0. The first kappa shape index (κ1) is 10.2. The van der Waals surface area contributed by atoms with E-state index in [0.29, 0.717) is 17.6 Å². The molecule has 0 aromatic heterocycles. The minimum Gasteiger partial charge on any atom is -0.299 e. The Morgan fingerprint density at radius 3 is 2.57 bits per heavy atom. The van der Waals surface area contributed by atoms with Crippen LogP contribution in [0.1, 0.15) is 46.5 Å². The first-order chi connectivity index (χ1) is 6.59. The summed E-state index contributed by atoms with van der Waals surface area (Å²) in [5, 5.41) is 0. The highest BCUT2D eigenvalue weighted by Gasteiger charge is 2.43. The van der Waals surface area contributed by atoms with Crippen LogP contribution in [0.2, 0.25) is 0 Å². The lowest BCUT2D eigenvalue weighted by Crippen LogP contribution is -2.27. The van der Waals surface area contributed by atoms with E-state index in [1.165, 1.54) is 25.7 Å². The second kappa shape index (κ2) is 3.67. The number of ketones is 1. The van der Waals surface area contributed by atoms with Crippen LogP contribution in [0.5, 0.6) is 0 Å². The van der Waals surface area contributed by atoms with Gasteiger partial charge in [0.05, 0.1) is 0 Å². The molecule has 0 radical (unpaired) electrons. The zero-order valence-corrected chi connectivity index (χ0v) is 9.62. The van der Waals surface area contributed by atoms with Crippen molar-refractivity contribution in [3.8, 4) is 0 Å². The first-order valence-electron chi connectivity index (χ1n) is 6.13. The maximum Gasteiger partial charge on any atom is 0.139 e. The van der Waals surface area contributed by atoms with E-state index in [9.17, 15) is 4.79 Å². The molecule has 80 valence electrons. The Hall–Kier alpha value is -0.330. The summed E-state index contributed by atoms with van der Waals surface area (Å²) in [4.78, 5) is 11.8. The number of hydrogen-bond donors (Lipinski definition) is 0. The van der Waals surface area contributed by atoms with Gasteiger partial charge in [0, 0.05) is 11.8 Å². The Kier molecular flexibility index (Phi) is 2.68. The summed E-state index contributed by atoms with van der Waals surface area (Å²) >= 11 is 0. The molecular formula is C13H22O. The van der Waals surface area contributed by atoms with Crippen LogP contribution >= 0.6 is 0 Å². The highest BCUT2D eigenvalue weighted by molar-refractivity contribution is 5.85. The Morgan fingerprint density at radius 1 is 1.21 bits per heavy atom. The molecule has 2 fully saturated rings. The van der Waals surface area contributed by atoms with Gasteiger partial charge in [-0.1, -0.05) is 20.8 Å². The van der Waals surface area contributed by atoms with Crippen LogP contribution in [0.25, 0.3) is 0 Å². The summed E-state index contributed by atoms with van der Waals surface area (Å²) in [7, 11) is 0. The van der Waals surface area contributed by atoms with Gasteiger partial charge in [0.15, 0.2) is 0 Å². The van der Waals surface area contributed by atoms with E-state index in [0.717, 1.165) is 17.8 Å². The molecule has 0 heterocycles. The van der Waals surface area contributed by atoms with Crippen molar-refractivity contribution in [2.45, 2.75) is 46.5 Å². The topological polar surface area (TPSA) is 17.1 Å². The molecule has 4 atom stereocenters. The monoisotopic (exact) mass is 194 g/mol. The predicted molar refractivity (Wildman–Crippen MR) is 57.9 cm³/mol. The summed E-state index contributed by atoms with van der Waals surface area (Å²) in [5.74, 6) is 3.79. The third-order valence-electron chi connectivity index (χ3n) is 4.47. The molecule has 4 unspecified atom stereocenters. The third-order valence-corrected chi connectivity index (χ3v) is 4.47. The van der Waals surface area contributed by atoms with Gasteiger partial charge in [-0.15, -0.1) is 0 Å². The summed E-state index contributed by atoms with van der Waals surface area (Å²) in [6, 6.07) is 0. The van der Waals surface area contributed by atoms with Gasteiger partial charge in [-0.05, 0) is 43.4 Å². The van der Waals surface area contributed by atoms with E-state index in [4.69, 9.17) is 0 Å². The van der Waals surface area contributed by atoms with Gasteiger partial charge in [-0.25, -0.2) is 0 Å². The van der Waals surface area contributed by atoms with Gasteiger partial charge in [0.2, 0.25) is 0 Å². The van der Waals surface area contributed by atoms with Crippen LogP contribution in [0.4, 0.5) is 0 Å². The molecule has 1 nitrogen and oxygen atoms in total. The molecule has 1 heteroatoms. The number of rotatable bonds is 1. The number of hydrogen-bond acceptors (Lipinski definition) is 1. The predicted octanol–water partition coefficient (Wildman–Crippen LogP) is 3.28. The number of carbonyl (C=O) groups excluding carboxylic acids is 1. The summed E-state index contributed by atoms with van der Waals surface area (Å²) < 4.78 is 0. The standard InChI is InChI=1S/C13H22O/c1-8(2)10-4-5-12-11(7-10)6-9(3)13(12)14/h8-12H,4-7H2,1-3H3.